The zero-order valence-electron chi connectivity index (χ0n) is 17.8. The van der Waals surface area contributed by atoms with Gasteiger partial charge in [-0.05, 0) is 61.0 Å². The lowest BCUT2D eigenvalue weighted by Crippen LogP contribution is -2.24. The average Bonchev–Trinajstić information content (AvgIpc) is 2.79. The van der Waals surface area contributed by atoms with Gasteiger partial charge in [-0.3, -0.25) is 14.2 Å². The molecule has 0 aliphatic rings. The SMILES string of the molecule is Cc1nc2ccc(Br)cc2c(=O)n1-c1cc(NC(=O)c2cccc(C(F)(F)F)c2)ccc1CN. The highest BCUT2D eigenvalue weighted by Crippen LogP contribution is 2.30. The maximum atomic E-state index is 13.3. The number of carbonyl (C=O) groups excluding carboxylic acids is 1. The third-order valence-electron chi connectivity index (χ3n) is 5.25. The first kappa shape index (κ1) is 23.7. The van der Waals surface area contributed by atoms with E-state index in [1.54, 1.807) is 43.3 Å². The molecule has 0 aliphatic carbocycles. The molecule has 0 spiro atoms. The predicted molar refractivity (Wildman–Crippen MR) is 127 cm³/mol. The Morgan fingerprint density at radius 3 is 2.59 bits per heavy atom. The summed E-state index contributed by atoms with van der Waals surface area (Å²) in [5.41, 5.74) is 6.36. The molecule has 0 fully saturated rings. The van der Waals surface area contributed by atoms with E-state index in [1.807, 2.05) is 0 Å². The number of amides is 1. The molecule has 174 valence electrons. The van der Waals surface area contributed by atoms with Crippen LogP contribution in [0, 0.1) is 6.92 Å². The van der Waals surface area contributed by atoms with E-state index in [4.69, 9.17) is 5.73 Å². The van der Waals surface area contributed by atoms with Gasteiger partial charge in [-0.2, -0.15) is 13.2 Å². The van der Waals surface area contributed by atoms with E-state index in [-0.39, 0.29) is 23.4 Å². The van der Waals surface area contributed by atoms with Crippen LogP contribution in [0.5, 0.6) is 0 Å². The number of hydrogen-bond acceptors (Lipinski definition) is 4. The number of halogens is 4. The number of hydrogen-bond donors (Lipinski definition) is 2. The minimum Gasteiger partial charge on any atom is -0.326 e. The quantitative estimate of drug-likeness (QED) is 0.380. The fraction of sp³-hybridized carbons (Fsp3) is 0.125. The van der Waals surface area contributed by atoms with Crippen molar-refractivity contribution in [3.05, 3.63) is 98.0 Å². The summed E-state index contributed by atoms with van der Waals surface area (Å²) in [7, 11) is 0. The Hall–Kier alpha value is -3.50. The average molecular weight is 531 g/mol. The van der Waals surface area contributed by atoms with Crippen LogP contribution in [0.3, 0.4) is 0 Å². The number of nitrogens with two attached hydrogens (primary N) is 1. The second-order valence-electron chi connectivity index (χ2n) is 7.54. The van der Waals surface area contributed by atoms with Gasteiger partial charge < -0.3 is 11.1 Å². The van der Waals surface area contributed by atoms with Crippen LogP contribution >= 0.6 is 15.9 Å². The van der Waals surface area contributed by atoms with Crippen LogP contribution in [0.4, 0.5) is 18.9 Å². The zero-order chi connectivity index (χ0) is 24.6. The van der Waals surface area contributed by atoms with Crippen molar-refractivity contribution in [2.24, 2.45) is 5.73 Å². The van der Waals surface area contributed by atoms with E-state index in [1.165, 1.54) is 16.7 Å². The van der Waals surface area contributed by atoms with Gasteiger partial charge in [0.1, 0.15) is 5.82 Å². The van der Waals surface area contributed by atoms with Crippen molar-refractivity contribution >= 4 is 38.4 Å². The minimum atomic E-state index is -4.57. The molecule has 4 rings (SSSR count). The molecular weight excluding hydrogens is 513 g/mol. The Morgan fingerprint density at radius 2 is 1.88 bits per heavy atom. The summed E-state index contributed by atoms with van der Waals surface area (Å²) in [5, 5.41) is 2.98. The highest BCUT2D eigenvalue weighted by atomic mass is 79.9. The van der Waals surface area contributed by atoms with Gasteiger partial charge in [-0.25, -0.2) is 4.98 Å². The largest absolute Gasteiger partial charge is 0.416 e. The van der Waals surface area contributed by atoms with E-state index in [0.29, 0.717) is 28.0 Å². The van der Waals surface area contributed by atoms with E-state index in [0.717, 1.165) is 16.6 Å². The monoisotopic (exact) mass is 530 g/mol. The molecule has 0 aliphatic heterocycles. The van der Waals surface area contributed by atoms with E-state index in [9.17, 15) is 22.8 Å². The van der Waals surface area contributed by atoms with Gasteiger partial charge in [0, 0.05) is 22.3 Å². The molecule has 10 heteroatoms. The lowest BCUT2D eigenvalue weighted by Gasteiger charge is -2.16. The number of fused-ring (bicyclic) bond motifs is 1. The van der Waals surface area contributed by atoms with Gasteiger partial charge in [-0.15, -0.1) is 0 Å². The summed E-state index contributed by atoms with van der Waals surface area (Å²) in [5.74, 6) is -0.307. The summed E-state index contributed by atoms with van der Waals surface area (Å²) >= 11 is 3.36. The van der Waals surface area contributed by atoms with Gasteiger partial charge in [0.25, 0.3) is 11.5 Å². The summed E-state index contributed by atoms with van der Waals surface area (Å²) < 4.78 is 41.1. The number of nitrogens with zero attached hydrogens (tertiary/aromatic N) is 2. The molecule has 0 atom stereocenters. The maximum Gasteiger partial charge on any atom is 0.416 e. The standard InChI is InChI=1S/C24H18BrF3N4O2/c1-13-30-20-8-6-17(25)10-19(20)23(34)32(13)21-11-18(7-5-15(21)12-29)31-22(33)14-3-2-4-16(9-14)24(26,27)28/h2-11H,12,29H2,1H3,(H,31,33). The van der Waals surface area contributed by atoms with Gasteiger partial charge in [0.15, 0.2) is 0 Å². The van der Waals surface area contributed by atoms with Crippen LogP contribution in [0.25, 0.3) is 16.6 Å². The third kappa shape index (κ3) is 4.59. The van der Waals surface area contributed by atoms with Gasteiger partial charge >= 0.3 is 6.18 Å². The molecule has 1 aromatic heterocycles. The highest BCUT2D eigenvalue weighted by Gasteiger charge is 2.31. The zero-order valence-corrected chi connectivity index (χ0v) is 19.4. The topological polar surface area (TPSA) is 90.0 Å². The van der Waals surface area contributed by atoms with Crippen molar-refractivity contribution in [3.63, 3.8) is 0 Å². The van der Waals surface area contributed by atoms with Crippen molar-refractivity contribution in [3.8, 4) is 5.69 Å². The van der Waals surface area contributed by atoms with Crippen molar-refractivity contribution in [2.45, 2.75) is 19.6 Å². The summed E-state index contributed by atoms with van der Waals surface area (Å²) in [6.07, 6.45) is -4.57. The Labute approximate surface area is 200 Å². The first-order chi connectivity index (χ1) is 16.1. The first-order valence-electron chi connectivity index (χ1n) is 10.1. The molecule has 1 amide bonds. The van der Waals surface area contributed by atoms with Crippen LogP contribution in [-0.4, -0.2) is 15.5 Å². The van der Waals surface area contributed by atoms with Crippen molar-refractivity contribution in [1.82, 2.24) is 9.55 Å². The number of aryl methyl sites for hydroxylation is 1. The Morgan fingerprint density at radius 1 is 1.12 bits per heavy atom. The molecule has 0 radical (unpaired) electrons. The number of alkyl halides is 3. The molecule has 0 bridgehead atoms. The fourth-order valence-corrected chi connectivity index (χ4v) is 3.98. The molecular formula is C24H18BrF3N4O2. The Bertz CT molecular complexity index is 1480. The van der Waals surface area contributed by atoms with Crippen molar-refractivity contribution in [1.29, 1.82) is 0 Å². The van der Waals surface area contributed by atoms with Crippen molar-refractivity contribution < 1.29 is 18.0 Å². The Balaban J connectivity index is 1.77. The highest BCUT2D eigenvalue weighted by molar-refractivity contribution is 9.10. The summed E-state index contributed by atoms with van der Waals surface area (Å²) in [4.78, 5) is 30.5. The molecule has 0 saturated heterocycles. The molecule has 0 saturated carbocycles. The molecule has 1 heterocycles. The number of rotatable bonds is 4. The second-order valence-corrected chi connectivity index (χ2v) is 8.46. The molecule has 6 nitrogen and oxygen atoms in total. The van der Waals surface area contributed by atoms with E-state index >= 15 is 0 Å². The summed E-state index contributed by atoms with van der Waals surface area (Å²) in [6, 6.07) is 14.1. The lowest BCUT2D eigenvalue weighted by molar-refractivity contribution is -0.137. The van der Waals surface area contributed by atoms with Crippen LogP contribution in [-0.2, 0) is 12.7 Å². The Kier molecular flexibility index (Phi) is 6.28. The van der Waals surface area contributed by atoms with Gasteiger partial charge in [0.2, 0.25) is 0 Å². The maximum absolute atomic E-state index is 13.3. The molecule has 3 N–H and O–H groups in total. The molecule has 4 aromatic rings. The van der Waals surface area contributed by atoms with E-state index < -0.39 is 17.6 Å². The molecule has 0 unspecified atom stereocenters. The van der Waals surface area contributed by atoms with Crippen LogP contribution in [0.2, 0.25) is 0 Å². The number of nitrogens with one attached hydrogen (secondary N) is 1. The molecule has 34 heavy (non-hydrogen) atoms. The van der Waals surface area contributed by atoms with Gasteiger partial charge in [0.05, 0.1) is 22.2 Å². The fourth-order valence-electron chi connectivity index (χ4n) is 3.61. The van der Waals surface area contributed by atoms with Crippen LogP contribution in [0.1, 0.15) is 27.3 Å². The molecule has 3 aromatic carbocycles. The number of carbonyl (C=O) groups is 1. The first-order valence-corrected chi connectivity index (χ1v) is 10.9. The smallest absolute Gasteiger partial charge is 0.326 e. The number of benzene rings is 3. The summed E-state index contributed by atoms with van der Waals surface area (Å²) in [6.45, 7) is 1.79. The second kappa shape index (κ2) is 9.03. The number of anilines is 1. The lowest BCUT2D eigenvalue weighted by atomic mass is 10.1. The third-order valence-corrected chi connectivity index (χ3v) is 5.75. The van der Waals surface area contributed by atoms with Crippen LogP contribution < -0.4 is 16.6 Å². The van der Waals surface area contributed by atoms with Crippen molar-refractivity contribution in [2.75, 3.05) is 5.32 Å². The number of aromatic nitrogens is 2. The normalized spacial score (nSPS) is 11.6. The minimum absolute atomic E-state index is 0.111. The van der Waals surface area contributed by atoms with Gasteiger partial charge in [-0.1, -0.05) is 28.1 Å². The predicted octanol–water partition coefficient (Wildman–Crippen LogP) is 5.19. The van der Waals surface area contributed by atoms with Crippen LogP contribution in [0.15, 0.2) is 69.9 Å². The van der Waals surface area contributed by atoms with E-state index in [2.05, 4.69) is 26.2 Å².